The number of carbonyl (C=O) groups is 2. The van der Waals surface area contributed by atoms with E-state index in [1.165, 1.54) is 4.90 Å². The Morgan fingerprint density at radius 1 is 1.40 bits per heavy atom. The topological polar surface area (TPSA) is 85.2 Å². The van der Waals surface area contributed by atoms with E-state index in [0.717, 1.165) is 0 Å². The Morgan fingerprint density at radius 2 is 2.05 bits per heavy atom. The van der Waals surface area contributed by atoms with Crippen molar-refractivity contribution in [1.82, 2.24) is 10.2 Å². The van der Waals surface area contributed by atoms with Crippen LogP contribution in [0.1, 0.15) is 19.4 Å². The summed E-state index contributed by atoms with van der Waals surface area (Å²) in [4.78, 5) is 25.6. The first kappa shape index (κ1) is 13.9. The summed E-state index contributed by atoms with van der Waals surface area (Å²) in [6, 6.07) is 8.27. The summed E-state index contributed by atoms with van der Waals surface area (Å²) in [6.45, 7) is 4.32. The van der Waals surface area contributed by atoms with Gasteiger partial charge in [-0.15, -0.1) is 0 Å². The molecule has 1 aromatic carbocycles. The first-order valence-electron chi connectivity index (χ1n) is 6.32. The van der Waals surface area contributed by atoms with Gasteiger partial charge in [-0.25, -0.2) is 4.79 Å². The largest absolute Gasteiger partial charge is 0.352 e. The molecule has 0 unspecified atom stereocenters. The number of hydrogen-bond acceptors (Lipinski definition) is 3. The Labute approximate surface area is 117 Å². The van der Waals surface area contributed by atoms with Crippen LogP contribution in [0.15, 0.2) is 24.3 Å². The van der Waals surface area contributed by atoms with Crippen molar-refractivity contribution in [3.05, 3.63) is 29.8 Å². The number of anilines is 1. The van der Waals surface area contributed by atoms with Gasteiger partial charge in [0, 0.05) is 18.8 Å². The van der Waals surface area contributed by atoms with Crippen molar-refractivity contribution in [3.8, 4) is 6.07 Å². The molecule has 1 fully saturated rings. The van der Waals surface area contributed by atoms with E-state index in [-0.39, 0.29) is 11.9 Å². The van der Waals surface area contributed by atoms with E-state index in [2.05, 4.69) is 10.6 Å². The molecule has 1 aliphatic heterocycles. The van der Waals surface area contributed by atoms with Gasteiger partial charge in [-0.2, -0.15) is 5.26 Å². The van der Waals surface area contributed by atoms with Gasteiger partial charge in [0.25, 0.3) is 0 Å². The predicted molar refractivity (Wildman–Crippen MR) is 74.0 cm³/mol. The van der Waals surface area contributed by atoms with Crippen molar-refractivity contribution in [2.45, 2.75) is 19.4 Å². The highest BCUT2D eigenvalue weighted by Crippen LogP contribution is 2.19. The lowest BCUT2D eigenvalue weighted by Gasteiger charge is -2.40. The van der Waals surface area contributed by atoms with Gasteiger partial charge in [0.05, 0.1) is 11.6 Å². The zero-order valence-corrected chi connectivity index (χ0v) is 11.4. The third-order valence-electron chi connectivity index (χ3n) is 3.36. The maximum Gasteiger partial charge on any atom is 0.322 e. The van der Waals surface area contributed by atoms with Crippen molar-refractivity contribution < 1.29 is 9.59 Å². The molecule has 3 amide bonds. The van der Waals surface area contributed by atoms with Gasteiger partial charge in [0.2, 0.25) is 5.91 Å². The summed E-state index contributed by atoms with van der Waals surface area (Å²) in [6.07, 6.45) is 0. The number of amides is 3. The third-order valence-corrected chi connectivity index (χ3v) is 3.36. The van der Waals surface area contributed by atoms with Crippen LogP contribution in [0.5, 0.6) is 0 Å². The number of carbonyl (C=O) groups excluding carboxylic acids is 2. The van der Waals surface area contributed by atoms with Gasteiger partial charge in [-0.3, -0.25) is 4.79 Å². The standard InChI is InChI=1S/C14H16N4O2/c1-14(2)12(19)16-7-8-18(14)13(20)17-11-5-3-10(9-15)4-6-11/h3-6H,7-8H2,1-2H3,(H,16,19)(H,17,20). The van der Waals surface area contributed by atoms with Crippen molar-refractivity contribution in [2.24, 2.45) is 0 Å². The number of rotatable bonds is 1. The molecule has 1 saturated heterocycles. The summed E-state index contributed by atoms with van der Waals surface area (Å²) in [5, 5.41) is 14.2. The summed E-state index contributed by atoms with van der Waals surface area (Å²) in [5.74, 6) is -0.168. The maximum atomic E-state index is 12.3. The smallest absolute Gasteiger partial charge is 0.322 e. The minimum atomic E-state index is -0.880. The number of piperazine rings is 1. The minimum absolute atomic E-state index is 0.168. The highest BCUT2D eigenvalue weighted by atomic mass is 16.2. The molecular weight excluding hydrogens is 256 g/mol. The van der Waals surface area contributed by atoms with Gasteiger partial charge in [0.15, 0.2) is 0 Å². The lowest BCUT2D eigenvalue weighted by Crippen LogP contribution is -2.64. The van der Waals surface area contributed by atoms with Crippen LogP contribution >= 0.6 is 0 Å². The van der Waals surface area contributed by atoms with E-state index in [4.69, 9.17) is 5.26 Å². The van der Waals surface area contributed by atoms with Crippen LogP contribution < -0.4 is 10.6 Å². The van der Waals surface area contributed by atoms with Crippen LogP contribution in [-0.2, 0) is 4.79 Å². The molecule has 1 aromatic rings. The second-order valence-electron chi connectivity index (χ2n) is 5.09. The van der Waals surface area contributed by atoms with Crippen molar-refractivity contribution in [2.75, 3.05) is 18.4 Å². The molecule has 0 aliphatic carbocycles. The molecule has 6 nitrogen and oxygen atoms in total. The summed E-state index contributed by atoms with van der Waals surface area (Å²) < 4.78 is 0. The zero-order valence-electron chi connectivity index (χ0n) is 11.4. The fourth-order valence-corrected chi connectivity index (χ4v) is 2.07. The Kier molecular flexibility index (Phi) is 3.61. The van der Waals surface area contributed by atoms with E-state index in [9.17, 15) is 9.59 Å². The lowest BCUT2D eigenvalue weighted by atomic mass is 9.99. The Morgan fingerprint density at radius 3 is 2.65 bits per heavy atom. The zero-order chi connectivity index (χ0) is 14.8. The first-order chi connectivity index (χ1) is 9.45. The summed E-state index contributed by atoms with van der Waals surface area (Å²) >= 11 is 0. The van der Waals surface area contributed by atoms with E-state index >= 15 is 0 Å². The number of nitrogens with zero attached hydrogens (tertiary/aromatic N) is 2. The third kappa shape index (κ3) is 2.57. The van der Waals surface area contributed by atoms with E-state index in [1.807, 2.05) is 6.07 Å². The molecule has 1 aliphatic rings. The molecule has 20 heavy (non-hydrogen) atoms. The maximum absolute atomic E-state index is 12.3. The number of nitriles is 1. The number of hydrogen-bond donors (Lipinski definition) is 2. The minimum Gasteiger partial charge on any atom is -0.352 e. The second-order valence-corrected chi connectivity index (χ2v) is 5.09. The van der Waals surface area contributed by atoms with Crippen LogP contribution in [0.25, 0.3) is 0 Å². The summed E-state index contributed by atoms with van der Waals surface area (Å²) in [5.41, 5.74) is 0.242. The molecule has 0 spiro atoms. The number of urea groups is 1. The molecule has 104 valence electrons. The van der Waals surface area contributed by atoms with Gasteiger partial charge in [0.1, 0.15) is 5.54 Å². The lowest BCUT2D eigenvalue weighted by molar-refractivity contribution is -0.132. The molecule has 2 rings (SSSR count). The normalized spacial score (nSPS) is 17.1. The fraction of sp³-hybridized carbons (Fsp3) is 0.357. The predicted octanol–water partition coefficient (Wildman–Crippen LogP) is 1.30. The Hall–Kier alpha value is -2.55. The van der Waals surface area contributed by atoms with Crippen molar-refractivity contribution >= 4 is 17.6 Å². The highest BCUT2D eigenvalue weighted by molar-refractivity contribution is 5.96. The van der Waals surface area contributed by atoms with Crippen molar-refractivity contribution in [3.63, 3.8) is 0 Å². The van der Waals surface area contributed by atoms with E-state index < -0.39 is 5.54 Å². The van der Waals surface area contributed by atoms with Gasteiger partial charge < -0.3 is 15.5 Å². The number of nitrogens with one attached hydrogen (secondary N) is 2. The van der Waals surface area contributed by atoms with Gasteiger partial charge >= 0.3 is 6.03 Å². The van der Waals surface area contributed by atoms with E-state index in [0.29, 0.717) is 24.3 Å². The monoisotopic (exact) mass is 272 g/mol. The fourth-order valence-electron chi connectivity index (χ4n) is 2.07. The average molecular weight is 272 g/mol. The first-order valence-corrected chi connectivity index (χ1v) is 6.32. The van der Waals surface area contributed by atoms with Crippen LogP contribution in [0, 0.1) is 11.3 Å². The molecule has 2 N–H and O–H groups in total. The van der Waals surface area contributed by atoms with Crippen LogP contribution in [0.4, 0.5) is 10.5 Å². The molecule has 0 aromatic heterocycles. The molecule has 6 heteroatoms. The van der Waals surface area contributed by atoms with Crippen LogP contribution in [0.2, 0.25) is 0 Å². The molecule has 0 radical (unpaired) electrons. The van der Waals surface area contributed by atoms with Crippen molar-refractivity contribution in [1.29, 1.82) is 5.26 Å². The average Bonchev–Trinajstić information content (AvgIpc) is 2.42. The highest BCUT2D eigenvalue weighted by Gasteiger charge is 2.40. The van der Waals surface area contributed by atoms with Crippen LogP contribution in [0.3, 0.4) is 0 Å². The molecule has 0 saturated carbocycles. The molecular formula is C14H16N4O2. The Bertz CT molecular complexity index is 572. The Balaban J connectivity index is 2.11. The molecule has 0 bridgehead atoms. The summed E-state index contributed by atoms with van der Waals surface area (Å²) in [7, 11) is 0. The van der Waals surface area contributed by atoms with Crippen LogP contribution in [-0.4, -0.2) is 35.5 Å². The SMILES string of the molecule is CC1(C)C(=O)NCCN1C(=O)Nc1ccc(C#N)cc1. The second kappa shape index (κ2) is 5.21. The van der Waals surface area contributed by atoms with E-state index in [1.54, 1.807) is 38.1 Å². The van der Waals surface area contributed by atoms with Gasteiger partial charge in [-0.1, -0.05) is 0 Å². The van der Waals surface area contributed by atoms with Gasteiger partial charge in [-0.05, 0) is 38.1 Å². The molecule has 0 atom stereocenters. The quantitative estimate of drug-likeness (QED) is 0.808. The number of benzene rings is 1. The molecule has 1 heterocycles.